The molecule has 0 bridgehead atoms. The van der Waals surface area contributed by atoms with Crippen LogP contribution >= 0.6 is 0 Å². The van der Waals surface area contributed by atoms with Gasteiger partial charge in [0.2, 0.25) is 0 Å². The molecule has 1 N–H and O–H groups in total. The van der Waals surface area contributed by atoms with Crippen molar-refractivity contribution in [3.05, 3.63) is 41.2 Å². The van der Waals surface area contributed by atoms with Gasteiger partial charge in [-0.05, 0) is 43.7 Å². The highest BCUT2D eigenvalue weighted by atomic mass is 16.6. The first-order valence-electron chi connectivity index (χ1n) is 7.33. The van der Waals surface area contributed by atoms with Crippen molar-refractivity contribution >= 4 is 11.5 Å². The smallest absolute Gasteiger partial charge is 0.343 e. The van der Waals surface area contributed by atoms with Crippen LogP contribution in [0.1, 0.15) is 36.8 Å². The third-order valence-electron chi connectivity index (χ3n) is 4.65. The van der Waals surface area contributed by atoms with E-state index in [0.29, 0.717) is 18.4 Å². The number of rotatable bonds is 2. The molecule has 0 aromatic heterocycles. The number of aliphatic hydroxyl groups excluding tert-OH is 1. The molecule has 4 nitrogen and oxygen atoms in total. The second-order valence-corrected chi connectivity index (χ2v) is 5.86. The normalized spacial score (nSPS) is 29.0. The van der Waals surface area contributed by atoms with Crippen LogP contribution in [0.25, 0.3) is 5.57 Å². The third-order valence-corrected chi connectivity index (χ3v) is 4.65. The lowest BCUT2D eigenvalue weighted by atomic mass is 9.81. The Morgan fingerprint density at radius 3 is 2.57 bits per heavy atom. The summed E-state index contributed by atoms with van der Waals surface area (Å²) in [5.41, 5.74) is 1.19. The van der Waals surface area contributed by atoms with E-state index < -0.39 is 11.6 Å². The molecule has 1 aliphatic carbocycles. The standard InChI is InChI=1S/C17H20O4/c1-11-5-3-4-6-13(11)14-15(18)17(21-16(14)19)9-7-12(20-2)8-10-17/h3-6,12,18H,7-10H2,1-2H3. The molecule has 0 amide bonds. The summed E-state index contributed by atoms with van der Waals surface area (Å²) in [6.45, 7) is 1.93. The Labute approximate surface area is 124 Å². The minimum atomic E-state index is -0.844. The SMILES string of the molecule is COC1CCC2(CC1)OC(=O)C(c1ccccc1C)=C2O. The summed E-state index contributed by atoms with van der Waals surface area (Å²) in [6.07, 6.45) is 2.98. The largest absolute Gasteiger partial charge is 0.507 e. The van der Waals surface area contributed by atoms with Gasteiger partial charge in [-0.2, -0.15) is 0 Å². The van der Waals surface area contributed by atoms with E-state index in [0.717, 1.165) is 24.0 Å². The average Bonchev–Trinajstić information content (AvgIpc) is 2.72. The van der Waals surface area contributed by atoms with E-state index in [1.54, 1.807) is 7.11 Å². The number of aliphatic hydroxyl groups is 1. The van der Waals surface area contributed by atoms with Crippen molar-refractivity contribution in [2.24, 2.45) is 0 Å². The number of methoxy groups -OCH3 is 1. The molecular weight excluding hydrogens is 268 g/mol. The first kappa shape index (κ1) is 14.1. The molecule has 1 aromatic rings. The van der Waals surface area contributed by atoms with Gasteiger partial charge in [-0.25, -0.2) is 4.79 Å². The lowest BCUT2D eigenvalue weighted by molar-refractivity contribution is -0.151. The van der Waals surface area contributed by atoms with Gasteiger partial charge >= 0.3 is 5.97 Å². The van der Waals surface area contributed by atoms with Gasteiger partial charge in [0.15, 0.2) is 11.4 Å². The molecule has 1 spiro atoms. The average molecular weight is 288 g/mol. The summed E-state index contributed by atoms with van der Waals surface area (Å²) < 4.78 is 10.9. The summed E-state index contributed by atoms with van der Waals surface area (Å²) >= 11 is 0. The van der Waals surface area contributed by atoms with Gasteiger partial charge in [0.05, 0.1) is 6.10 Å². The molecule has 1 fully saturated rings. The van der Waals surface area contributed by atoms with Gasteiger partial charge < -0.3 is 14.6 Å². The maximum atomic E-state index is 12.3. The van der Waals surface area contributed by atoms with E-state index >= 15 is 0 Å². The molecule has 3 rings (SSSR count). The number of hydrogen-bond acceptors (Lipinski definition) is 4. The predicted octanol–water partition coefficient (Wildman–Crippen LogP) is 3.15. The fourth-order valence-corrected chi connectivity index (χ4v) is 3.32. The van der Waals surface area contributed by atoms with Gasteiger partial charge in [0, 0.05) is 7.11 Å². The number of esters is 1. The zero-order valence-corrected chi connectivity index (χ0v) is 12.4. The van der Waals surface area contributed by atoms with E-state index in [4.69, 9.17) is 9.47 Å². The molecule has 4 heteroatoms. The molecule has 1 aliphatic heterocycles. The molecule has 1 aromatic carbocycles. The highest BCUT2D eigenvalue weighted by molar-refractivity contribution is 6.20. The number of carbonyl (C=O) groups excluding carboxylic acids is 1. The topological polar surface area (TPSA) is 55.8 Å². The van der Waals surface area contributed by atoms with Crippen LogP contribution in [-0.2, 0) is 14.3 Å². The molecule has 0 atom stereocenters. The monoisotopic (exact) mass is 288 g/mol. The summed E-state index contributed by atoms with van der Waals surface area (Å²) in [7, 11) is 1.69. The lowest BCUT2D eigenvalue weighted by Crippen LogP contribution is -2.38. The Bertz CT molecular complexity index is 595. The van der Waals surface area contributed by atoms with Crippen LogP contribution in [0, 0.1) is 6.92 Å². The van der Waals surface area contributed by atoms with Crippen LogP contribution in [0.5, 0.6) is 0 Å². The molecule has 0 radical (unpaired) electrons. The number of benzene rings is 1. The molecular formula is C17H20O4. The quantitative estimate of drug-likeness (QED) is 0.849. The Balaban J connectivity index is 1.98. The third kappa shape index (κ3) is 2.23. The Hall–Kier alpha value is -1.81. The first-order valence-corrected chi connectivity index (χ1v) is 7.33. The van der Waals surface area contributed by atoms with Gasteiger partial charge in [0.1, 0.15) is 5.57 Å². The predicted molar refractivity (Wildman–Crippen MR) is 78.8 cm³/mol. The number of carbonyl (C=O) groups is 1. The van der Waals surface area contributed by atoms with Crippen LogP contribution < -0.4 is 0 Å². The summed E-state index contributed by atoms with van der Waals surface area (Å²) in [6, 6.07) is 7.55. The molecule has 0 unspecified atom stereocenters. The number of ether oxygens (including phenoxy) is 2. The molecule has 1 heterocycles. The van der Waals surface area contributed by atoms with Gasteiger partial charge in [-0.3, -0.25) is 0 Å². The van der Waals surface area contributed by atoms with Crippen molar-refractivity contribution in [2.45, 2.75) is 44.3 Å². The molecule has 2 aliphatic rings. The molecule has 1 saturated carbocycles. The highest BCUT2D eigenvalue weighted by Crippen LogP contribution is 2.46. The summed E-state index contributed by atoms with van der Waals surface area (Å²) in [4.78, 5) is 12.3. The van der Waals surface area contributed by atoms with Crippen molar-refractivity contribution in [3.8, 4) is 0 Å². The van der Waals surface area contributed by atoms with Gasteiger partial charge in [0.25, 0.3) is 0 Å². The lowest BCUT2D eigenvalue weighted by Gasteiger charge is -2.35. The maximum Gasteiger partial charge on any atom is 0.343 e. The van der Waals surface area contributed by atoms with Gasteiger partial charge in [-0.15, -0.1) is 0 Å². The molecule has 112 valence electrons. The number of aryl methyl sites for hydroxylation is 1. The zero-order valence-electron chi connectivity index (χ0n) is 12.4. The van der Waals surface area contributed by atoms with Crippen molar-refractivity contribution in [1.29, 1.82) is 0 Å². The van der Waals surface area contributed by atoms with Crippen LogP contribution in [0.4, 0.5) is 0 Å². The Morgan fingerprint density at radius 2 is 1.95 bits per heavy atom. The summed E-state index contributed by atoms with van der Waals surface area (Å²) in [5.74, 6) is -0.325. The van der Waals surface area contributed by atoms with Crippen molar-refractivity contribution in [2.75, 3.05) is 7.11 Å². The minimum absolute atomic E-state index is 0.0938. The van der Waals surface area contributed by atoms with Crippen LogP contribution in [0.3, 0.4) is 0 Å². The fourth-order valence-electron chi connectivity index (χ4n) is 3.32. The first-order chi connectivity index (χ1) is 10.1. The minimum Gasteiger partial charge on any atom is -0.507 e. The Morgan fingerprint density at radius 1 is 1.29 bits per heavy atom. The van der Waals surface area contributed by atoms with E-state index in [9.17, 15) is 9.90 Å². The van der Waals surface area contributed by atoms with E-state index in [2.05, 4.69) is 0 Å². The van der Waals surface area contributed by atoms with E-state index in [1.165, 1.54) is 0 Å². The van der Waals surface area contributed by atoms with Crippen molar-refractivity contribution in [3.63, 3.8) is 0 Å². The second kappa shape index (κ2) is 5.19. The Kier molecular flexibility index (Phi) is 3.49. The van der Waals surface area contributed by atoms with Crippen LogP contribution in [0.2, 0.25) is 0 Å². The fraction of sp³-hybridized carbons (Fsp3) is 0.471. The molecule has 0 saturated heterocycles. The highest BCUT2D eigenvalue weighted by Gasteiger charge is 2.50. The molecule has 21 heavy (non-hydrogen) atoms. The summed E-state index contributed by atoms with van der Waals surface area (Å²) in [5, 5.41) is 10.7. The van der Waals surface area contributed by atoms with Crippen molar-refractivity contribution in [1.82, 2.24) is 0 Å². The maximum absolute atomic E-state index is 12.3. The van der Waals surface area contributed by atoms with Crippen LogP contribution in [-0.4, -0.2) is 29.9 Å². The van der Waals surface area contributed by atoms with E-state index in [-0.39, 0.29) is 11.9 Å². The zero-order chi connectivity index (χ0) is 15.0. The number of hydrogen-bond donors (Lipinski definition) is 1. The second-order valence-electron chi connectivity index (χ2n) is 5.86. The van der Waals surface area contributed by atoms with Crippen molar-refractivity contribution < 1.29 is 19.4 Å². The van der Waals surface area contributed by atoms with Gasteiger partial charge in [-0.1, -0.05) is 24.3 Å². The van der Waals surface area contributed by atoms with E-state index in [1.807, 2.05) is 31.2 Å². The van der Waals surface area contributed by atoms with Crippen LogP contribution in [0.15, 0.2) is 30.0 Å².